The zero-order valence-corrected chi connectivity index (χ0v) is 10.8. The Bertz CT molecular complexity index is 192. The van der Waals surface area contributed by atoms with Crippen LogP contribution in [0.3, 0.4) is 0 Å². The monoisotopic (exact) mass is 208 g/mol. The Morgan fingerprint density at radius 3 is 1.87 bits per heavy atom. The van der Waals surface area contributed by atoms with Crippen molar-refractivity contribution in [2.24, 2.45) is 10.8 Å². The largest absolute Gasteiger partial charge is 0.0649 e. The first-order valence-electron chi connectivity index (χ1n) is 7.18. The highest BCUT2D eigenvalue weighted by atomic mass is 14.4. The number of rotatable bonds is 3. The van der Waals surface area contributed by atoms with E-state index in [9.17, 15) is 0 Å². The van der Waals surface area contributed by atoms with Crippen LogP contribution in [0.1, 0.15) is 84.5 Å². The van der Waals surface area contributed by atoms with E-state index in [1.165, 1.54) is 70.6 Å². The Kier molecular flexibility index (Phi) is 3.42. The van der Waals surface area contributed by atoms with Crippen LogP contribution < -0.4 is 0 Å². The summed E-state index contributed by atoms with van der Waals surface area (Å²) in [5.41, 5.74) is 1.46. The second kappa shape index (κ2) is 4.47. The van der Waals surface area contributed by atoms with Crippen LogP contribution in [-0.2, 0) is 0 Å². The van der Waals surface area contributed by atoms with Crippen molar-refractivity contribution in [1.82, 2.24) is 0 Å². The van der Waals surface area contributed by atoms with Gasteiger partial charge in [-0.15, -0.1) is 0 Å². The molecule has 0 saturated heterocycles. The molecule has 2 saturated carbocycles. The quantitative estimate of drug-likeness (QED) is 0.589. The van der Waals surface area contributed by atoms with Gasteiger partial charge in [0.1, 0.15) is 0 Å². The first-order valence-corrected chi connectivity index (χ1v) is 7.18. The molecule has 0 unspecified atom stereocenters. The third-order valence-electron chi connectivity index (χ3n) is 5.28. The minimum absolute atomic E-state index is 0.707. The summed E-state index contributed by atoms with van der Waals surface area (Å²) >= 11 is 0. The lowest BCUT2D eigenvalue weighted by Gasteiger charge is -2.41. The third kappa shape index (κ3) is 2.57. The average Bonchev–Trinajstić information content (AvgIpc) is 2.67. The van der Waals surface area contributed by atoms with Crippen LogP contribution in [0.15, 0.2) is 0 Å². The minimum atomic E-state index is 0.707. The summed E-state index contributed by atoms with van der Waals surface area (Å²) in [6, 6.07) is 0. The van der Waals surface area contributed by atoms with Gasteiger partial charge in [0, 0.05) is 0 Å². The van der Waals surface area contributed by atoms with Gasteiger partial charge in [-0.1, -0.05) is 52.4 Å². The molecule has 0 N–H and O–H groups in total. The van der Waals surface area contributed by atoms with Gasteiger partial charge in [-0.2, -0.15) is 0 Å². The normalized spacial score (nSPS) is 29.2. The zero-order valence-electron chi connectivity index (χ0n) is 10.8. The fourth-order valence-electron chi connectivity index (χ4n) is 4.27. The predicted octanol–water partition coefficient (Wildman–Crippen LogP) is 5.32. The standard InChI is InChI=1S/C15H28/c1-3-15(11-7-8-12-15)13-14(2)9-5-4-6-10-14/h3-13H2,1-2H3. The predicted molar refractivity (Wildman–Crippen MR) is 67.0 cm³/mol. The highest BCUT2D eigenvalue weighted by Crippen LogP contribution is 2.52. The fraction of sp³-hybridized carbons (Fsp3) is 1.00. The molecule has 0 heteroatoms. The van der Waals surface area contributed by atoms with Crippen molar-refractivity contribution in [3.05, 3.63) is 0 Å². The van der Waals surface area contributed by atoms with Crippen molar-refractivity contribution in [1.29, 1.82) is 0 Å². The van der Waals surface area contributed by atoms with Crippen molar-refractivity contribution in [3.8, 4) is 0 Å². The second-order valence-corrected chi connectivity index (χ2v) is 6.61. The van der Waals surface area contributed by atoms with Crippen molar-refractivity contribution in [3.63, 3.8) is 0 Å². The van der Waals surface area contributed by atoms with Gasteiger partial charge in [0.05, 0.1) is 0 Å². The molecule has 2 fully saturated rings. The van der Waals surface area contributed by atoms with Crippen molar-refractivity contribution >= 4 is 0 Å². The van der Waals surface area contributed by atoms with E-state index < -0.39 is 0 Å². The lowest BCUT2D eigenvalue weighted by atomic mass is 9.64. The molecule has 0 bridgehead atoms. The lowest BCUT2D eigenvalue weighted by Crippen LogP contribution is -2.29. The van der Waals surface area contributed by atoms with Crippen molar-refractivity contribution in [2.75, 3.05) is 0 Å². The van der Waals surface area contributed by atoms with Crippen LogP contribution in [0.25, 0.3) is 0 Å². The highest BCUT2D eigenvalue weighted by molar-refractivity contribution is 4.91. The smallest absolute Gasteiger partial charge is 0.0295 e. The molecule has 0 aromatic rings. The van der Waals surface area contributed by atoms with Crippen LogP contribution >= 0.6 is 0 Å². The highest BCUT2D eigenvalue weighted by Gasteiger charge is 2.39. The van der Waals surface area contributed by atoms with E-state index in [2.05, 4.69) is 13.8 Å². The van der Waals surface area contributed by atoms with Crippen LogP contribution in [0.4, 0.5) is 0 Å². The maximum Gasteiger partial charge on any atom is -0.0295 e. The topological polar surface area (TPSA) is 0 Å². The second-order valence-electron chi connectivity index (χ2n) is 6.61. The van der Waals surface area contributed by atoms with E-state index >= 15 is 0 Å². The zero-order chi connectivity index (χ0) is 10.8. The van der Waals surface area contributed by atoms with E-state index in [0.29, 0.717) is 5.41 Å². The Hall–Kier alpha value is 0. The Balaban J connectivity index is 1.98. The summed E-state index contributed by atoms with van der Waals surface area (Å²) in [4.78, 5) is 0. The molecule has 0 amide bonds. The van der Waals surface area contributed by atoms with E-state index in [0.717, 1.165) is 5.41 Å². The summed E-state index contributed by atoms with van der Waals surface area (Å²) in [5.74, 6) is 0. The first kappa shape index (κ1) is 11.5. The maximum atomic E-state index is 2.57. The Morgan fingerprint density at radius 1 is 0.800 bits per heavy atom. The van der Waals surface area contributed by atoms with Gasteiger partial charge in [0.25, 0.3) is 0 Å². The number of hydrogen-bond donors (Lipinski definition) is 0. The molecule has 0 nitrogen and oxygen atoms in total. The van der Waals surface area contributed by atoms with Crippen molar-refractivity contribution in [2.45, 2.75) is 84.5 Å². The molecule has 2 rings (SSSR count). The van der Waals surface area contributed by atoms with Gasteiger partial charge in [-0.05, 0) is 42.9 Å². The average molecular weight is 208 g/mol. The van der Waals surface area contributed by atoms with Gasteiger partial charge in [-0.3, -0.25) is 0 Å². The molecule has 88 valence electrons. The van der Waals surface area contributed by atoms with Gasteiger partial charge in [0.15, 0.2) is 0 Å². The van der Waals surface area contributed by atoms with Crippen LogP contribution in [-0.4, -0.2) is 0 Å². The third-order valence-corrected chi connectivity index (χ3v) is 5.28. The van der Waals surface area contributed by atoms with Crippen molar-refractivity contribution < 1.29 is 0 Å². The molecule has 2 aliphatic rings. The Labute approximate surface area is 95.8 Å². The van der Waals surface area contributed by atoms with Gasteiger partial charge in [0.2, 0.25) is 0 Å². The van der Waals surface area contributed by atoms with E-state index in [-0.39, 0.29) is 0 Å². The Morgan fingerprint density at radius 2 is 1.33 bits per heavy atom. The molecule has 0 aliphatic heterocycles. The summed E-state index contributed by atoms with van der Waals surface area (Å²) in [6.45, 7) is 5.00. The summed E-state index contributed by atoms with van der Waals surface area (Å²) in [7, 11) is 0. The van der Waals surface area contributed by atoms with E-state index in [1.807, 2.05) is 0 Å². The maximum absolute atomic E-state index is 2.57. The van der Waals surface area contributed by atoms with E-state index in [1.54, 1.807) is 0 Å². The molecule has 0 aromatic carbocycles. The minimum Gasteiger partial charge on any atom is -0.0649 e. The molecule has 0 atom stereocenters. The molecule has 2 aliphatic carbocycles. The summed E-state index contributed by atoms with van der Waals surface area (Å²) in [6.07, 6.45) is 16.5. The number of hydrogen-bond acceptors (Lipinski definition) is 0. The molecule has 0 aromatic heterocycles. The molecule has 0 heterocycles. The summed E-state index contributed by atoms with van der Waals surface area (Å²) in [5, 5.41) is 0. The first-order chi connectivity index (χ1) is 7.18. The van der Waals surface area contributed by atoms with Crippen LogP contribution in [0.5, 0.6) is 0 Å². The summed E-state index contributed by atoms with van der Waals surface area (Å²) < 4.78 is 0. The van der Waals surface area contributed by atoms with Gasteiger partial charge < -0.3 is 0 Å². The molecular weight excluding hydrogens is 180 g/mol. The molecule has 15 heavy (non-hydrogen) atoms. The van der Waals surface area contributed by atoms with Gasteiger partial charge in [-0.25, -0.2) is 0 Å². The molecule has 0 radical (unpaired) electrons. The van der Waals surface area contributed by atoms with E-state index in [4.69, 9.17) is 0 Å². The van der Waals surface area contributed by atoms with Crippen LogP contribution in [0.2, 0.25) is 0 Å². The SMILES string of the molecule is CCC1(CC2(C)CCCCC2)CCCC1. The molecular formula is C15H28. The fourth-order valence-corrected chi connectivity index (χ4v) is 4.27. The molecule has 0 spiro atoms. The van der Waals surface area contributed by atoms with Gasteiger partial charge >= 0.3 is 0 Å². The van der Waals surface area contributed by atoms with Crippen LogP contribution in [0, 0.1) is 10.8 Å². The lowest BCUT2D eigenvalue weighted by molar-refractivity contribution is 0.101.